The summed E-state index contributed by atoms with van der Waals surface area (Å²) in [7, 11) is 0. The van der Waals surface area contributed by atoms with E-state index in [1.807, 2.05) is 42.5 Å². The minimum absolute atomic E-state index is 0.0121. The van der Waals surface area contributed by atoms with Gasteiger partial charge in [0.15, 0.2) is 0 Å². The lowest BCUT2D eigenvalue weighted by molar-refractivity contribution is -0.144. The van der Waals surface area contributed by atoms with Crippen LogP contribution in [0.5, 0.6) is 0 Å². The number of hydrogen-bond donors (Lipinski definition) is 1. The fraction of sp³-hybridized carbons (Fsp3) is 0.556. The van der Waals surface area contributed by atoms with Crippen molar-refractivity contribution in [2.24, 2.45) is 11.8 Å². The van der Waals surface area contributed by atoms with Crippen LogP contribution in [0.1, 0.15) is 63.9 Å². The molecular weight excluding hydrogens is 430 g/mol. The molecule has 3 atom stereocenters. The summed E-state index contributed by atoms with van der Waals surface area (Å²) in [6.07, 6.45) is 10.5. The average molecular weight is 466 g/mol. The Hall–Kier alpha value is -2.96. The molecule has 1 N–H and O–H groups in total. The van der Waals surface area contributed by atoms with Crippen molar-refractivity contribution in [1.29, 1.82) is 0 Å². The van der Waals surface area contributed by atoms with Crippen LogP contribution in [0.3, 0.4) is 0 Å². The molecule has 2 aliphatic carbocycles. The Balaban J connectivity index is 1.42. The highest BCUT2D eigenvalue weighted by atomic mass is 16.2. The van der Waals surface area contributed by atoms with Crippen molar-refractivity contribution >= 4 is 23.6 Å². The van der Waals surface area contributed by atoms with E-state index in [0.717, 1.165) is 31.2 Å². The normalized spacial score (nSPS) is 23.5. The highest BCUT2D eigenvalue weighted by Crippen LogP contribution is 2.35. The van der Waals surface area contributed by atoms with Crippen molar-refractivity contribution < 1.29 is 19.2 Å². The highest BCUT2D eigenvalue weighted by molar-refractivity contribution is 6.05. The summed E-state index contributed by atoms with van der Waals surface area (Å²) in [5.74, 6) is -1.33. The summed E-state index contributed by atoms with van der Waals surface area (Å²) in [5.41, 5.74) is 0.929. The summed E-state index contributed by atoms with van der Waals surface area (Å²) in [6, 6.07) is 9.09. The van der Waals surface area contributed by atoms with Gasteiger partial charge in [-0.05, 0) is 38.2 Å². The quantitative estimate of drug-likeness (QED) is 0.472. The minimum Gasteiger partial charge on any atom is -0.352 e. The van der Waals surface area contributed by atoms with Gasteiger partial charge < -0.3 is 10.2 Å². The molecule has 1 aliphatic heterocycles. The van der Waals surface area contributed by atoms with E-state index >= 15 is 0 Å². The van der Waals surface area contributed by atoms with Gasteiger partial charge in [-0.3, -0.25) is 24.1 Å². The number of carbonyl (C=O) groups excluding carboxylic acids is 4. The van der Waals surface area contributed by atoms with Gasteiger partial charge in [-0.1, -0.05) is 61.7 Å². The number of fused-ring (bicyclic) bond motifs is 1. The van der Waals surface area contributed by atoms with Crippen molar-refractivity contribution in [3.8, 4) is 0 Å². The molecule has 2 fully saturated rings. The van der Waals surface area contributed by atoms with Gasteiger partial charge in [0.25, 0.3) is 0 Å². The van der Waals surface area contributed by atoms with Gasteiger partial charge in [-0.15, -0.1) is 0 Å². The van der Waals surface area contributed by atoms with Crippen molar-refractivity contribution in [3.63, 3.8) is 0 Å². The van der Waals surface area contributed by atoms with Crippen LogP contribution in [0.2, 0.25) is 0 Å². The molecule has 1 saturated carbocycles. The molecule has 3 aliphatic rings. The number of allylic oxidation sites excluding steroid dienone is 2. The first kappa shape index (κ1) is 24.2. The molecule has 7 nitrogen and oxygen atoms in total. The van der Waals surface area contributed by atoms with Crippen LogP contribution >= 0.6 is 0 Å². The van der Waals surface area contributed by atoms with E-state index in [9.17, 15) is 19.2 Å². The smallest absolute Gasteiger partial charge is 0.242 e. The fourth-order valence-electron chi connectivity index (χ4n) is 5.37. The van der Waals surface area contributed by atoms with E-state index in [0.29, 0.717) is 19.4 Å². The molecule has 0 radical (unpaired) electrons. The van der Waals surface area contributed by atoms with Crippen molar-refractivity contribution in [1.82, 2.24) is 15.1 Å². The number of rotatable bonds is 8. The first-order valence-corrected chi connectivity index (χ1v) is 12.6. The van der Waals surface area contributed by atoms with Crippen LogP contribution in [0.25, 0.3) is 0 Å². The number of imide groups is 1. The molecule has 1 aromatic rings. The van der Waals surface area contributed by atoms with Crippen molar-refractivity contribution in [2.75, 3.05) is 6.54 Å². The Bertz CT molecular complexity index is 912. The van der Waals surface area contributed by atoms with Crippen LogP contribution in [-0.4, -0.2) is 52.1 Å². The Kier molecular flexibility index (Phi) is 7.80. The van der Waals surface area contributed by atoms with Gasteiger partial charge in [0.1, 0.15) is 6.04 Å². The van der Waals surface area contributed by atoms with Crippen LogP contribution < -0.4 is 5.32 Å². The summed E-state index contributed by atoms with van der Waals surface area (Å²) < 4.78 is 0. The first-order valence-electron chi connectivity index (χ1n) is 12.6. The second-order valence-electron chi connectivity index (χ2n) is 9.76. The van der Waals surface area contributed by atoms with Gasteiger partial charge in [0, 0.05) is 25.6 Å². The molecule has 0 aromatic heterocycles. The number of benzene rings is 1. The van der Waals surface area contributed by atoms with Crippen molar-refractivity contribution in [3.05, 3.63) is 48.0 Å². The standard InChI is InChI=1S/C27H35N3O4/c1-19(25(32)28-21-12-6-3-7-13-21)30(18-20-10-4-2-5-11-20)24(31)16-17-29-26(33)22-14-8-9-15-23(22)27(29)34/h2,4-5,8-11,19,21-23H,3,6-7,12-18H2,1H3,(H,28,32)/t19-,22-,23+/m0/s1. The topological polar surface area (TPSA) is 86.8 Å². The molecule has 0 spiro atoms. The number of nitrogens with one attached hydrogen (secondary N) is 1. The number of carbonyl (C=O) groups is 4. The number of likely N-dealkylation sites (tertiary alicyclic amines) is 1. The summed E-state index contributed by atoms with van der Waals surface area (Å²) in [5, 5.41) is 3.13. The molecule has 1 saturated heterocycles. The van der Waals surface area contributed by atoms with Gasteiger partial charge in [0.2, 0.25) is 23.6 Å². The summed E-state index contributed by atoms with van der Waals surface area (Å²) >= 11 is 0. The van der Waals surface area contributed by atoms with E-state index in [1.54, 1.807) is 11.8 Å². The largest absolute Gasteiger partial charge is 0.352 e. The maximum atomic E-state index is 13.4. The predicted octanol–water partition coefficient (Wildman–Crippen LogP) is 3.19. The lowest BCUT2D eigenvalue weighted by atomic mass is 9.85. The Labute approximate surface area is 201 Å². The van der Waals surface area contributed by atoms with Crippen LogP contribution in [0, 0.1) is 11.8 Å². The van der Waals surface area contributed by atoms with E-state index in [4.69, 9.17) is 0 Å². The second-order valence-corrected chi connectivity index (χ2v) is 9.76. The maximum Gasteiger partial charge on any atom is 0.242 e. The van der Waals surface area contributed by atoms with Gasteiger partial charge in [-0.2, -0.15) is 0 Å². The van der Waals surface area contributed by atoms with E-state index in [2.05, 4.69) is 5.32 Å². The van der Waals surface area contributed by atoms with E-state index in [-0.39, 0.29) is 54.5 Å². The number of hydrogen-bond acceptors (Lipinski definition) is 4. The average Bonchev–Trinajstić information content (AvgIpc) is 3.11. The van der Waals surface area contributed by atoms with Gasteiger partial charge in [0.05, 0.1) is 11.8 Å². The van der Waals surface area contributed by atoms with E-state index in [1.165, 1.54) is 11.3 Å². The van der Waals surface area contributed by atoms with Gasteiger partial charge >= 0.3 is 0 Å². The van der Waals surface area contributed by atoms with Gasteiger partial charge in [-0.25, -0.2) is 0 Å². The molecule has 1 aromatic carbocycles. The third kappa shape index (κ3) is 5.40. The Morgan fingerprint density at radius 2 is 1.62 bits per heavy atom. The zero-order valence-corrected chi connectivity index (χ0v) is 19.9. The monoisotopic (exact) mass is 465 g/mol. The zero-order chi connectivity index (χ0) is 24.1. The maximum absolute atomic E-state index is 13.4. The van der Waals surface area contributed by atoms with E-state index < -0.39 is 6.04 Å². The lowest BCUT2D eigenvalue weighted by Crippen LogP contribution is -2.51. The third-order valence-electron chi connectivity index (χ3n) is 7.46. The molecule has 1 heterocycles. The molecule has 4 rings (SSSR count). The minimum atomic E-state index is -0.647. The Morgan fingerprint density at radius 3 is 2.24 bits per heavy atom. The highest BCUT2D eigenvalue weighted by Gasteiger charge is 2.47. The van der Waals surface area contributed by atoms with Crippen LogP contribution in [0.15, 0.2) is 42.5 Å². The SMILES string of the molecule is C[C@@H](C(=O)NC1CCCCC1)N(Cc1ccccc1)C(=O)CCN1C(=O)[C@H]2CC=CC[C@H]2C1=O. The van der Waals surface area contributed by atoms with Crippen LogP contribution in [0.4, 0.5) is 0 Å². The Morgan fingerprint density at radius 1 is 1.00 bits per heavy atom. The first-order chi connectivity index (χ1) is 16.5. The molecule has 0 bridgehead atoms. The van der Waals surface area contributed by atoms with Crippen LogP contribution in [-0.2, 0) is 25.7 Å². The predicted molar refractivity (Wildman–Crippen MR) is 128 cm³/mol. The third-order valence-corrected chi connectivity index (χ3v) is 7.46. The molecule has 182 valence electrons. The lowest BCUT2D eigenvalue weighted by Gasteiger charge is -2.31. The number of amides is 4. The molecule has 4 amide bonds. The summed E-state index contributed by atoms with van der Waals surface area (Å²) in [6.45, 7) is 2.12. The molecule has 34 heavy (non-hydrogen) atoms. The van der Waals surface area contributed by atoms with Crippen molar-refractivity contribution in [2.45, 2.75) is 76.9 Å². The zero-order valence-electron chi connectivity index (χ0n) is 19.9. The second kappa shape index (κ2) is 11.0. The number of nitrogens with zero attached hydrogens (tertiary/aromatic N) is 2. The molecular formula is C27H35N3O4. The summed E-state index contributed by atoms with van der Waals surface area (Å²) in [4.78, 5) is 54.8. The fourth-order valence-corrected chi connectivity index (χ4v) is 5.37. The molecule has 7 heteroatoms. The molecule has 0 unspecified atom stereocenters.